The average Bonchev–Trinajstić information content (AvgIpc) is 2.57. The Morgan fingerprint density at radius 1 is 1.39 bits per heavy atom. The Hall–Kier alpha value is -1.35. The van der Waals surface area contributed by atoms with Crippen molar-refractivity contribution in [2.24, 2.45) is 0 Å². The second-order valence-electron chi connectivity index (χ2n) is 4.99. The van der Waals surface area contributed by atoms with E-state index in [1.54, 1.807) is 0 Å². The number of hydrogen-bond acceptors (Lipinski definition) is 2. The molecule has 1 heterocycles. The molecule has 0 spiro atoms. The first-order valence-electron chi connectivity index (χ1n) is 6.76. The fraction of sp³-hybridized carbons (Fsp3) is 0.533. The van der Waals surface area contributed by atoms with Gasteiger partial charge >= 0.3 is 5.97 Å². The molecule has 1 aromatic carbocycles. The van der Waals surface area contributed by atoms with E-state index in [9.17, 15) is 9.90 Å². The van der Waals surface area contributed by atoms with Gasteiger partial charge in [0.25, 0.3) is 0 Å². The number of aliphatic carboxylic acids is 1. The van der Waals surface area contributed by atoms with Crippen molar-refractivity contribution < 1.29 is 9.90 Å². The van der Waals surface area contributed by atoms with Crippen molar-refractivity contribution in [3.05, 3.63) is 35.4 Å². The van der Waals surface area contributed by atoms with Gasteiger partial charge in [-0.15, -0.1) is 0 Å². The lowest BCUT2D eigenvalue weighted by molar-refractivity contribution is -0.143. The molecule has 0 aromatic heterocycles. The van der Waals surface area contributed by atoms with Crippen LogP contribution in [0.15, 0.2) is 24.3 Å². The van der Waals surface area contributed by atoms with Gasteiger partial charge in [0.15, 0.2) is 0 Å². The first kappa shape index (κ1) is 13.1. The molecular formula is C15H21NO2. The summed E-state index contributed by atoms with van der Waals surface area (Å²) in [7, 11) is 0. The highest BCUT2D eigenvalue weighted by Crippen LogP contribution is 2.21. The van der Waals surface area contributed by atoms with Gasteiger partial charge in [-0.1, -0.05) is 37.6 Å². The van der Waals surface area contributed by atoms with Gasteiger partial charge in [0.1, 0.15) is 6.04 Å². The zero-order chi connectivity index (χ0) is 13.0. The molecular weight excluding hydrogens is 226 g/mol. The Kier molecular flexibility index (Phi) is 4.37. The molecule has 0 saturated heterocycles. The number of rotatable bonds is 4. The summed E-state index contributed by atoms with van der Waals surface area (Å²) in [4.78, 5) is 13.5. The van der Waals surface area contributed by atoms with Crippen molar-refractivity contribution in [1.82, 2.24) is 4.90 Å². The highest BCUT2D eigenvalue weighted by atomic mass is 16.4. The molecule has 0 amide bonds. The number of nitrogens with zero attached hydrogens (tertiary/aromatic N) is 1. The van der Waals surface area contributed by atoms with Crippen LogP contribution in [0.4, 0.5) is 0 Å². The lowest BCUT2D eigenvalue weighted by atomic mass is 10.0. The Labute approximate surface area is 108 Å². The number of hydrogen-bond donors (Lipinski definition) is 1. The fourth-order valence-corrected chi connectivity index (χ4v) is 2.73. The molecule has 18 heavy (non-hydrogen) atoms. The Morgan fingerprint density at radius 2 is 2.11 bits per heavy atom. The normalized spacial score (nSPS) is 17.8. The van der Waals surface area contributed by atoms with Crippen molar-refractivity contribution >= 4 is 5.97 Å². The maximum absolute atomic E-state index is 11.4. The van der Waals surface area contributed by atoms with E-state index in [1.807, 2.05) is 13.0 Å². The number of benzene rings is 1. The van der Waals surface area contributed by atoms with E-state index in [0.717, 1.165) is 38.8 Å². The van der Waals surface area contributed by atoms with Gasteiger partial charge < -0.3 is 5.11 Å². The van der Waals surface area contributed by atoms with Crippen molar-refractivity contribution in [2.75, 3.05) is 6.54 Å². The van der Waals surface area contributed by atoms with Gasteiger partial charge in [-0.3, -0.25) is 9.69 Å². The van der Waals surface area contributed by atoms with Crippen LogP contribution < -0.4 is 0 Å². The van der Waals surface area contributed by atoms with Gasteiger partial charge in [-0.2, -0.15) is 0 Å². The van der Waals surface area contributed by atoms with Gasteiger partial charge in [-0.05, 0) is 36.9 Å². The largest absolute Gasteiger partial charge is 0.480 e. The van der Waals surface area contributed by atoms with Gasteiger partial charge in [0.2, 0.25) is 0 Å². The molecule has 1 aromatic rings. The minimum atomic E-state index is -0.684. The quantitative estimate of drug-likeness (QED) is 0.889. The van der Waals surface area contributed by atoms with Crippen LogP contribution in [0, 0.1) is 0 Å². The summed E-state index contributed by atoms with van der Waals surface area (Å²) >= 11 is 0. The molecule has 1 aliphatic heterocycles. The van der Waals surface area contributed by atoms with Crippen LogP contribution in [-0.2, 0) is 17.8 Å². The van der Waals surface area contributed by atoms with Crippen molar-refractivity contribution in [2.45, 2.75) is 45.2 Å². The zero-order valence-electron chi connectivity index (χ0n) is 10.9. The van der Waals surface area contributed by atoms with Crippen molar-refractivity contribution in [1.29, 1.82) is 0 Å². The minimum Gasteiger partial charge on any atom is -0.480 e. The topological polar surface area (TPSA) is 40.5 Å². The summed E-state index contributed by atoms with van der Waals surface area (Å²) in [5.41, 5.74) is 2.66. The molecule has 3 nitrogen and oxygen atoms in total. The second kappa shape index (κ2) is 6.01. The van der Waals surface area contributed by atoms with Gasteiger partial charge in [0, 0.05) is 6.54 Å². The Balaban J connectivity index is 2.18. The zero-order valence-corrected chi connectivity index (χ0v) is 10.9. The van der Waals surface area contributed by atoms with Crippen LogP contribution in [0.2, 0.25) is 0 Å². The Bertz CT molecular complexity index is 417. The van der Waals surface area contributed by atoms with E-state index < -0.39 is 5.97 Å². The molecule has 98 valence electrons. The number of aryl methyl sites for hydroxylation is 1. The number of carboxylic acid groups (broad SMARTS) is 1. The third-order valence-corrected chi connectivity index (χ3v) is 3.67. The molecule has 2 rings (SSSR count). The predicted octanol–water partition coefficient (Wildman–Crippen LogP) is 2.69. The fourth-order valence-electron chi connectivity index (χ4n) is 2.73. The van der Waals surface area contributed by atoms with Gasteiger partial charge in [0.05, 0.1) is 0 Å². The van der Waals surface area contributed by atoms with E-state index in [2.05, 4.69) is 23.1 Å². The van der Waals surface area contributed by atoms with Crippen LogP contribution in [0.5, 0.6) is 0 Å². The Morgan fingerprint density at radius 3 is 2.78 bits per heavy atom. The third-order valence-electron chi connectivity index (χ3n) is 3.67. The lowest BCUT2D eigenvalue weighted by Gasteiger charge is -2.27. The predicted molar refractivity (Wildman–Crippen MR) is 71.5 cm³/mol. The maximum Gasteiger partial charge on any atom is 0.320 e. The summed E-state index contributed by atoms with van der Waals surface area (Å²) in [6.45, 7) is 3.69. The highest BCUT2D eigenvalue weighted by Gasteiger charge is 2.26. The van der Waals surface area contributed by atoms with Crippen molar-refractivity contribution in [3.8, 4) is 0 Å². The van der Waals surface area contributed by atoms with Crippen LogP contribution in [0.25, 0.3) is 0 Å². The van der Waals surface area contributed by atoms with E-state index in [4.69, 9.17) is 0 Å². The molecule has 0 saturated carbocycles. The van der Waals surface area contributed by atoms with Crippen LogP contribution >= 0.6 is 0 Å². The van der Waals surface area contributed by atoms with Crippen LogP contribution in [0.3, 0.4) is 0 Å². The third kappa shape index (κ3) is 2.91. The molecule has 0 fully saturated rings. The van der Waals surface area contributed by atoms with Gasteiger partial charge in [-0.25, -0.2) is 0 Å². The summed E-state index contributed by atoms with van der Waals surface area (Å²) in [6, 6.07) is 8.06. The number of carbonyl (C=O) groups is 1. The molecule has 0 bridgehead atoms. The molecule has 1 unspecified atom stereocenters. The smallest absolute Gasteiger partial charge is 0.320 e. The van der Waals surface area contributed by atoms with E-state index in [1.165, 1.54) is 11.1 Å². The summed E-state index contributed by atoms with van der Waals surface area (Å²) < 4.78 is 0. The number of carboxylic acids is 1. The maximum atomic E-state index is 11.4. The first-order valence-corrected chi connectivity index (χ1v) is 6.76. The average molecular weight is 247 g/mol. The molecule has 1 aliphatic rings. The minimum absolute atomic E-state index is 0.332. The van der Waals surface area contributed by atoms with Crippen LogP contribution in [-0.4, -0.2) is 28.6 Å². The molecule has 0 aliphatic carbocycles. The van der Waals surface area contributed by atoms with E-state index in [-0.39, 0.29) is 6.04 Å². The second-order valence-corrected chi connectivity index (χ2v) is 4.99. The summed E-state index contributed by atoms with van der Waals surface area (Å²) in [5, 5.41) is 9.35. The van der Waals surface area contributed by atoms with Crippen LogP contribution in [0.1, 0.15) is 37.3 Å². The SMILES string of the molecule is CCCC(C(=O)O)N1CCCc2ccccc2C1. The number of fused-ring (bicyclic) bond motifs is 1. The molecule has 0 radical (unpaired) electrons. The van der Waals surface area contributed by atoms with E-state index >= 15 is 0 Å². The summed E-state index contributed by atoms with van der Waals surface area (Å²) in [6.07, 6.45) is 3.75. The molecule has 1 N–H and O–H groups in total. The van der Waals surface area contributed by atoms with Crippen molar-refractivity contribution in [3.63, 3.8) is 0 Å². The highest BCUT2D eigenvalue weighted by molar-refractivity contribution is 5.73. The summed E-state index contributed by atoms with van der Waals surface area (Å²) in [5.74, 6) is -0.684. The first-order chi connectivity index (χ1) is 8.72. The standard InChI is InChI=1S/C15H21NO2/c1-2-6-14(15(17)18)16-10-5-9-12-7-3-4-8-13(12)11-16/h3-4,7-8,14H,2,5-6,9-11H2,1H3,(H,17,18). The monoisotopic (exact) mass is 247 g/mol. The van der Waals surface area contributed by atoms with E-state index in [0.29, 0.717) is 0 Å². The molecule has 1 atom stereocenters. The molecule has 3 heteroatoms. The lowest BCUT2D eigenvalue weighted by Crippen LogP contribution is -2.40.